The van der Waals surface area contributed by atoms with Crippen molar-refractivity contribution in [3.8, 4) is 0 Å². The quantitative estimate of drug-likeness (QED) is 0.841. The summed E-state index contributed by atoms with van der Waals surface area (Å²) in [6, 6.07) is 0. The highest BCUT2D eigenvalue weighted by molar-refractivity contribution is 7.89. The van der Waals surface area contributed by atoms with Crippen LogP contribution in [0.2, 0.25) is 10.0 Å². The van der Waals surface area contributed by atoms with Gasteiger partial charge in [-0.1, -0.05) is 36.5 Å². The molecule has 0 unspecified atom stereocenters. The zero-order valence-corrected chi connectivity index (χ0v) is 10.8. The molecule has 8 heteroatoms. The molecule has 16 heavy (non-hydrogen) atoms. The van der Waals surface area contributed by atoms with E-state index in [-0.39, 0.29) is 15.8 Å². The minimum absolute atomic E-state index is 0.0615. The van der Waals surface area contributed by atoms with E-state index in [1.807, 2.05) is 6.92 Å². The van der Waals surface area contributed by atoms with E-state index in [9.17, 15) is 13.2 Å². The number of aromatic nitrogens is 2. The van der Waals surface area contributed by atoms with Gasteiger partial charge in [0.15, 0.2) is 0 Å². The molecule has 0 aliphatic heterocycles. The molecule has 1 aromatic rings. The highest BCUT2D eigenvalue weighted by Crippen LogP contribution is 2.15. The van der Waals surface area contributed by atoms with Gasteiger partial charge in [-0.05, 0) is 6.42 Å². The smallest absolute Gasteiger partial charge is 0.265 e. The van der Waals surface area contributed by atoms with Crippen LogP contribution in [0.25, 0.3) is 0 Å². The number of rotatable bonds is 4. The average molecular weight is 285 g/mol. The largest absolute Gasteiger partial charge is 0.301 e. The van der Waals surface area contributed by atoms with Gasteiger partial charge < -0.3 is 0 Å². The van der Waals surface area contributed by atoms with E-state index in [4.69, 9.17) is 23.2 Å². The minimum Gasteiger partial charge on any atom is -0.265 e. The van der Waals surface area contributed by atoms with Gasteiger partial charge in [-0.3, -0.25) is 4.79 Å². The predicted molar refractivity (Wildman–Crippen MR) is 62.6 cm³/mol. The molecule has 0 spiro atoms. The number of halogens is 2. The van der Waals surface area contributed by atoms with Crippen molar-refractivity contribution in [2.75, 3.05) is 5.75 Å². The number of nitrogens with zero attached hydrogens (tertiary/aromatic N) is 2. The highest BCUT2D eigenvalue weighted by Gasteiger charge is 2.18. The van der Waals surface area contributed by atoms with Gasteiger partial charge in [0.25, 0.3) is 10.0 Å². The van der Waals surface area contributed by atoms with Crippen molar-refractivity contribution in [1.82, 2.24) is 9.19 Å². The second-order valence-corrected chi connectivity index (χ2v) is 5.83. The molecule has 0 radical (unpaired) electrons. The van der Waals surface area contributed by atoms with E-state index >= 15 is 0 Å². The molecule has 0 saturated heterocycles. The fourth-order valence-electron chi connectivity index (χ4n) is 1.01. The van der Waals surface area contributed by atoms with Crippen molar-refractivity contribution in [2.24, 2.45) is 0 Å². The summed E-state index contributed by atoms with van der Waals surface area (Å²) in [4.78, 5) is 11.5. The molecular weight excluding hydrogens is 275 g/mol. The summed E-state index contributed by atoms with van der Waals surface area (Å²) in [5, 5.41) is 3.07. The third-order valence-corrected chi connectivity index (χ3v) is 4.21. The second kappa shape index (κ2) is 5.16. The van der Waals surface area contributed by atoms with Crippen LogP contribution in [0.15, 0.2) is 11.0 Å². The van der Waals surface area contributed by atoms with Crippen molar-refractivity contribution in [3.05, 3.63) is 26.6 Å². The number of unbranched alkanes of at least 4 members (excludes halogenated alkanes) is 1. The van der Waals surface area contributed by atoms with Crippen molar-refractivity contribution in [2.45, 2.75) is 19.8 Å². The molecule has 0 aliphatic carbocycles. The maximum Gasteiger partial charge on any atom is 0.301 e. The van der Waals surface area contributed by atoms with Gasteiger partial charge >= 0.3 is 5.56 Å². The summed E-state index contributed by atoms with van der Waals surface area (Å²) in [6.07, 6.45) is 2.20. The van der Waals surface area contributed by atoms with Gasteiger partial charge in [-0.2, -0.15) is 5.10 Å². The molecule has 1 heterocycles. The van der Waals surface area contributed by atoms with E-state index in [2.05, 4.69) is 5.10 Å². The van der Waals surface area contributed by atoms with Crippen LogP contribution < -0.4 is 5.56 Å². The Morgan fingerprint density at radius 2 is 2.06 bits per heavy atom. The highest BCUT2D eigenvalue weighted by atomic mass is 35.5. The SMILES string of the molecule is CCCCS(=O)(=O)n1ncc(Cl)c(Cl)c1=O. The van der Waals surface area contributed by atoms with E-state index in [0.29, 0.717) is 16.9 Å². The molecule has 0 atom stereocenters. The van der Waals surface area contributed by atoms with Crippen LogP contribution >= 0.6 is 23.2 Å². The first kappa shape index (κ1) is 13.5. The van der Waals surface area contributed by atoms with Crippen LogP contribution in [-0.2, 0) is 10.0 Å². The lowest BCUT2D eigenvalue weighted by Crippen LogP contribution is -2.31. The lowest BCUT2D eigenvalue weighted by atomic mass is 10.4. The topological polar surface area (TPSA) is 69.0 Å². The Morgan fingerprint density at radius 1 is 1.44 bits per heavy atom. The normalized spacial score (nSPS) is 11.7. The van der Waals surface area contributed by atoms with Gasteiger partial charge in [0.1, 0.15) is 5.02 Å². The van der Waals surface area contributed by atoms with Crippen molar-refractivity contribution in [3.63, 3.8) is 0 Å². The Hall–Kier alpha value is -0.590. The summed E-state index contributed by atoms with van der Waals surface area (Å²) in [5.41, 5.74) is -0.912. The predicted octanol–water partition coefficient (Wildman–Crippen LogP) is 1.53. The van der Waals surface area contributed by atoms with E-state index < -0.39 is 15.6 Å². The Balaban J connectivity index is 3.25. The van der Waals surface area contributed by atoms with Crippen LogP contribution in [0.4, 0.5) is 0 Å². The second-order valence-electron chi connectivity index (χ2n) is 3.12. The first-order chi connectivity index (χ1) is 7.40. The van der Waals surface area contributed by atoms with Crippen LogP contribution in [0.3, 0.4) is 0 Å². The lowest BCUT2D eigenvalue weighted by molar-refractivity contribution is 0.572. The van der Waals surface area contributed by atoms with Gasteiger partial charge in [-0.15, -0.1) is 4.09 Å². The first-order valence-electron chi connectivity index (χ1n) is 4.56. The van der Waals surface area contributed by atoms with Crippen molar-refractivity contribution < 1.29 is 8.42 Å². The molecule has 0 aromatic carbocycles. The fraction of sp³-hybridized carbons (Fsp3) is 0.500. The molecule has 0 N–H and O–H groups in total. The molecule has 0 aliphatic rings. The molecule has 90 valence electrons. The monoisotopic (exact) mass is 284 g/mol. The summed E-state index contributed by atoms with van der Waals surface area (Å²) < 4.78 is 23.7. The Morgan fingerprint density at radius 3 is 2.62 bits per heavy atom. The number of hydrogen-bond acceptors (Lipinski definition) is 4. The fourth-order valence-corrected chi connectivity index (χ4v) is 2.67. The zero-order chi connectivity index (χ0) is 12.3. The molecule has 0 amide bonds. The van der Waals surface area contributed by atoms with Gasteiger partial charge in [0, 0.05) is 0 Å². The molecule has 0 fully saturated rings. The Kier molecular flexibility index (Phi) is 4.35. The van der Waals surface area contributed by atoms with Gasteiger partial charge in [0.2, 0.25) is 0 Å². The molecule has 0 saturated carbocycles. The lowest BCUT2D eigenvalue weighted by Gasteiger charge is -2.05. The Bertz CT molecular complexity index is 539. The average Bonchev–Trinajstić information content (AvgIpc) is 2.23. The van der Waals surface area contributed by atoms with Crippen LogP contribution in [0.5, 0.6) is 0 Å². The standard InChI is InChI=1S/C8H10Cl2N2O3S/c1-2-3-4-16(14,15)12-8(13)7(10)6(9)5-11-12/h5H,2-4H2,1H3. The summed E-state index contributed by atoms with van der Waals surface area (Å²) in [5.74, 6) is -0.144. The van der Waals surface area contributed by atoms with Crippen LogP contribution in [0, 0.1) is 0 Å². The maximum atomic E-state index is 11.7. The third-order valence-electron chi connectivity index (χ3n) is 1.87. The van der Waals surface area contributed by atoms with Gasteiger partial charge in [0.05, 0.1) is 17.0 Å². The van der Waals surface area contributed by atoms with Crippen molar-refractivity contribution >= 4 is 33.2 Å². The first-order valence-corrected chi connectivity index (χ1v) is 6.93. The van der Waals surface area contributed by atoms with Gasteiger partial charge in [-0.25, -0.2) is 8.42 Å². The van der Waals surface area contributed by atoms with E-state index in [0.717, 1.165) is 6.20 Å². The summed E-state index contributed by atoms with van der Waals surface area (Å²) in [7, 11) is -3.74. The molecular formula is C8H10Cl2N2O3S. The van der Waals surface area contributed by atoms with Crippen molar-refractivity contribution in [1.29, 1.82) is 0 Å². The molecule has 1 aromatic heterocycles. The summed E-state index contributed by atoms with van der Waals surface area (Å²) in [6.45, 7) is 1.85. The van der Waals surface area contributed by atoms with E-state index in [1.165, 1.54) is 0 Å². The number of hydrogen-bond donors (Lipinski definition) is 0. The van der Waals surface area contributed by atoms with E-state index in [1.54, 1.807) is 0 Å². The zero-order valence-electron chi connectivity index (χ0n) is 8.48. The molecule has 5 nitrogen and oxygen atoms in total. The molecule has 1 rings (SSSR count). The third kappa shape index (κ3) is 2.75. The summed E-state index contributed by atoms with van der Waals surface area (Å²) >= 11 is 11.1. The molecule has 0 bridgehead atoms. The maximum absolute atomic E-state index is 11.7. The Labute approximate surface area is 103 Å². The minimum atomic E-state index is -3.74. The van der Waals surface area contributed by atoms with Crippen LogP contribution in [0.1, 0.15) is 19.8 Å². The van der Waals surface area contributed by atoms with Crippen LogP contribution in [-0.4, -0.2) is 23.4 Å².